The predicted molar refractivity (Wildman–Crippen MR) is 217 cm³/mol. The average Bonchev–Trinajstić information content (AvgIpc) is 4.15. The summed E-state index contributed by atoms with van der Waals surface area (Å²) in [6, 6.07) is 1.96. The Morgan fingerprint density at radius 1 is 0.750 bits per heavy atom. The Kier molecular flexibility index (Phi) is 14.4. The van der Waals surface area contributed by atoms with Crippen molar-refractivity contribution in [3.63, 3.8) is 0 Å². The second-order valence-corrected chi connectivity index (χ2v) is 16.1. The minimum atomic E-state index is -3.38. The van der Waals surface area contributed by atoms with E-state index in [1.807, 2.05) is 16.4 Å². The van der Waals surface area contributed by atoms with E-state index in [0.29, 0.717) is 48.4 Å². The first-order chi connectivity index (χ1) is 28.7. The number of pyridine rings is 2. The third-order valence-corrected chi connectivity index (χ3v) is 11.9. The number of hydrogen-bond donors (Lipinski definition) is 4. The highest BCUT2D eigenvalue weighted by Crippen LogP contribution is 2.41. The Balaban J connectivity index is 0.000000169. The third-order valence-electron chi connectivity index (χ3n) is 11.9. The first-order valence-electron chi connectivity index (χ1n) is 20.5. The van der Waals surface area contributed by atoms with Gasteiger partial charge in [0.05, 0.1) is 16.7 Å². The van der Waals surface area contributed by atoms with Crippen LogP contribution in [0.25, 0.3) is 21.8 Å². The number of aromatic carboxylic acids is 1. The van der Waals surface area contributed by atoms with E-state index in [9.17, 15) is 41.7 Å². The van der Waals surface area contributed by atoms with Crippen LogP contribution in [0.15, 0.2) is 34.1 Å². The van der Waals surface area contributed by atoms with Gasteiger partial charge in [0.15, 0.2) is 11.6 Å². The second-order valence-electron chi connectivity index (χ2n) is 16.1. The number of aromatic nitrogens is 2. The molecule has 0 spiro atoms. The SMILES string of the molecule is Cc1c(F)c(F)cc2c(=O)c(C(=O)OB(F)F)cn(C3CC3)c12.Cc1c(N2CCC(CCO)CC2)c(F)cc2c(=O)c(C(=O)O)cn(C3CC3)c12.OCCC1CCNCC1. The Morgan fingerprint density at radius 3 is 1.73 bits per heavy atom. The van der Waals surface area contributed by atoms with Crippen LogP contribution in [0.1, 0.15) is 108 Å². The smallest absolute Gasteiger partial charge is 0.477 e. The molecule has 18 heteroatoms. The molecule has 12 nitrogen and oxygen atoms in total. The van der Waals surface area contributed by atoms with Gasteiger partial charge in [-0.15, -0.1) is 0 Å². The molecule has 4 fully saturated rings. The van der Waals surface area contributed by atoms with Crippen LogP contribution >= 0.6 is 0 Å². The standard InChI is InChI=1S/C21H25FN2O4.C14H10BF4NO3.C7H15NO/c1-12-18-15(20(26)16(21(27)28)11-24(18)14-2-3-14)10-17(22)19(12)23-7-4-13(5-8-23)6-9-25;1-6-11(17)10(16)4-8-12(6)20(7-2-3-7)5-9(13(8)21)14(22)23-15(18)19;9-6-3-7-1-4-8-5-2-7/h10-11,13-14,25H,2-9H2,1H3,(H,27,28);4-5,7H,2-3H2,1H3;7-9H,1-6H2. The Hall–Kier alpha value is -4.81. The number of halogens is 5. The predicted octanol–water partition coefficient (Wildman–Crippen LogP) is 6.45. The van der Waals surface area contributed by atoms with Crippen LogP contribution in [0.3, 0.4) is 0 Å². The van der Waals surface area contributed by atoms with Gasteiger partial charge in [0, 0.05) is 67.1 Å². The molecule has 0 atom stereocenters. The second kappa shape index (κ2) is 19.3. The molecule has 0 unspecified atom stereocenters. The molecule has 324 valence electrons. The minimum absolute atomic E-state index is 0.0715. The molecule has 4 N–H and O–H groups in total. The van der Waals surface area contributed by atoms with Crippen molar-refractivity contribution in [1.29, 1.82) is 0 Å². The van der Waals surface area contributed by atoms with Crippen molar-refractivity contribution in [2.75, 3.05) is 44.3 Å². The van der Waals surface area contributed by atoms with Gasteiger partial charge in [0.1, 0.15) is 16.9 Å². The summed E-state index contributed by atoms with van der Waals surface area (Å²) in [6.45, 7) is 7.37. The fourth-order valence-electron chi connectivity index (χ4n) is 8.42. The van der Waals surface area contributed by atoms with Crippen molar-refractivity contribution < 1.29 is 51.4 Å². The van der Waals surface area contributed by atoms with Gasteiger partial charge < -0.3 is 39.3 Å². The molecule has 8 rings (SSSR count). The summed E-state index contributed by atoms with van der Waals surface area (Å²) in [5, 5.41) is 30.3. The molecule has 0 bridgehead atoms. The number of nitrogens with zero attached hydrogens (tertiary/aromatic N) is 3. The quantitative estimate of drug-likeness (QED) is 0.103. The molecule has 0 radical (unpaired) electrons. The molecule has 60 heavy (non-hydrogen) atoms. The first kappa shape index (κ1) is 44.7. The van der Waals surface area contributed by atoms with Crippen molar-refractivity contribution in [2.24, 2.45) is 11.8 Å². The zero-order chi connectivity index (χ0) is 43.4. The van der Waals surface area contributed by atoms with Crippen LogP contribution in [0.4, 0.5) is 27.5 Å². The molecule has 2 aromatic carbocycles. The van der Waals surface area contributed by atoms with Crippen molar-refractivity contribution in [2.45, 2.75) is 90.1 Å². The van der Waals surface area contributed by atoms with Gasteiger partial charge in [-0.25, -0.2) is 31.4 Å². The fourth-order valence-corrected chi connectivity index (χ4v) is 8.42. The Bertz CT molecular complexity index is 2350. The summed E-state index contributed by atoms with van der Waals surface area (Å²) < 4.78 is 74.0. The first-order valence-corrected chi connectivity index (χ1v) is 20.5. The lowest BCUT2D eigenvalue weighted by Gasteiger charge is -2.35. The summed E-state index contributed by atoms with van der Waals surface area (Å²) >= 11 is 0. The van der Waals surface area contributed by atoms with Crippen molar-refractivity contribution in [3.8, 4) is 0 Å². The highest BCUT2D eigenvalue weighted by molar-refractivity contribution is 6.38. The number of aliphatic hydroxyl groups is 2. The number of nitrogens with one attached hydrogen (secondary N) is 1. The number of carbonyl (C=O) groups is 2. The van der Waals surface area contributed by atoms with E-state index in [0.717, 1.165) is 76.6 Å². The van der Waals surface area contributed by atoms with Crippen LogP contribution in [-0.2, 0) is 4.65 Å². The number of aliphatic hydroxyl groups excluding tert-OH is 2. The Labute approximate surface area is 343 Å². The van der Waals surface area contributed by atoms with E-state index in [-0.39, 0.29) is 46.1 Å². The van der Waals surface area contributed by atoms with Gasteiger partial charge in [-0.2, -0.15) is 0 Å². The van der Waals surface area contributed by atoms with E-state index >= 15 is 4.39 Å². The molecule has 0 amide bonds. The van der Waals surface area contributed by atoms with Crippen molar-refractivity contribution >= 4 is 46.9 Å². The summed E-state index contributed by atoms with van der Waals surface area (Å²) in [6.07, 6.45) is 11.9. The lowest BCUT2D eigenvalue weighted by Crippen LogP contribution is -2.35. The molecular formula is C42H50BF5N4O8. The van der Waals surface area contributed by atoms with Gasteiger partial charge in [-0.3, -0.25) is 9.59 Å². The zero-order valence-electron chi connectivity index (χ0n) is 33.6. The van der Waals surface area contributed by atoms with Gasteiger partial charge in [-0.05, 0) is 121 Å². The number of carboxylic acid groups (broad SMARTS) is 1. The lowest BCUT2D eigenvalue weighted by molar-refractivity contribution is 0.0682. The van der Waals surface area contributed by atoms with E-state index in [4.69, 9.17) is 10.2 Å². The van der Waals surface area contributed by atoms with Crippen LogP contribution in [0.2, 0.25) is 0 Å². The summed E-state index contributed by atoms with van der Waals surface area (Å²) in [4.78, 5) is 50.2. The van der Waals surface area contributed by atoms with Crippen molar-refractivity contribution in [1.82, 2.24) is 14.5 Å². The number of rotatable bonds is 10. The number of aryl methyl sites for hydroxylation is 2. The maximum Gasteiger partial charge on any atom is 0.798 e. The highest BCUT2D eigenvalue weighted by Gasteiger charge is 2.32. The molecule has 4 heterocycles. The zero-order valence-corrected chi connectivity index (χ0v) is 33.6. The maximum absolute atomic E-state index is 15.1. The molecule has 4 aliphatic rings. The van der Waals surface area contributed by atoms with Gasteiger partial charge in [0.2, 0.25) is 10.9 Å². The number of hydrogen-bond acceptors (Lipinski definition) is 9. The monoisotopic (exact) mass is 844 g/mol. The minimum Gasteiger partial charge on any atom is -0.477 e. The van der Waals surface area contributed by atoms with Gasteiger partial charge in [0.25, 0.3) is 0 Å². The highest BCUT2D eigenvalue weighted by atomic mass is 19.2. The van der Waals surface area contributed by atoms with E-state index in [1.165, 1.54) is 36.6 Å². The van der Waals surface area contributed by atoms with Crippen LogP contribution < -0.4 is 21.1 Å². The number of anilines is 1. The molecule has 2 saturated heterocycles. The number of carbonyl (C=O) groups excluding carboxylic acids is 1. The summed E-state index contributed by atoms with van der Waals surface area (Å²) in [5.41, 5.74) is -0.609. The van der Waals surface area contributed by atoms with Gasteiger partial charge in [-0.1, -0.05) is 0 Å². The topological polar surface area (TPSA) is 163 Å². The maximum atomic E-state index is 15.1. The largest absolute Gasteiger partial charge is 0.798 e. The molecular weight excluding hydrogens is 794 g/mol. The third kappa shape index (κ3) is 9.87. The molecule has 2 aliphatic heterocycles. The van der Waals surface area contributed by atoms with Gasteiger partial charge >= 0.3 is 19.4 Å². The van der Waals surface area contributed by atoms with E-state index in [2.05, 4.69) is 9.97 Å². The normalized spacial score (nSPS) is 17.2. The van der Waals surface area contributed by atoms with Crippen LogP contribution in [-0.4, -0.2) is 83.3 Å². The number of benzene rings is 2. The van der Waals surface area contributed by atoms with Crippen molar-refractivity contribution in [3.05, 3.63) is 84.7 Å². The lowest BCUT2D eigenvalue weighted by atomic mass is 9.93. The van der Waals surface area contributed by atoms with E-state index in [1.54, 1.807) is 0 Å². The molecule has 2 saturated carbocycles. The molecule has 2 aromatic heterocycles. The number of carboxylic acids is 1. The van der Waals surface area contributed by atoms with E-state index < -0.39 is 53.3 Å². The Morgan fingerprint density at radius 2 is 1.23 bits per heavy atom. The summed E-state index contributed by atoms with van der Waals surface area (Å²) in [5.74, 6) is -4.35. The summed E-state index contributed by atoms with van der Waals surface area (Å²) in [7, 11) is -3.38. The van der Waals surface area contributed by atoms with Crippen LogP contribution in [0.5, 0.6) is 0 Å². The molecule has 2 aliphatic carbocycles. The molecule has 4 aromatic rings. The van der Waals surface area contributed by atoms with Crippen LogP contribution in [0, 0.1) is 43.1 Å². The number of piperidine rings is 2. The fraction of sp³-hybridized carbons (Fsp3) is 0.524. The number of fused-ring (bicyclic) bond motifs is 2. The average molecular weight is 845 g/mol.